The Morgan fingerprint density at radius 3 is 2.44 bits per heavy atom. The molecule has 6 heteroatoms. The molecule has 0 heterocycles. The number of rotatable bonds is 6. The lowest BCUT2D eigenvalue weighted by atomic mass is 9.43. The molecule has 0 aliphatic heterocycles. The summed E-state index contributed by atoms with van der Waals surface area (Å²) in [6.45, 7) is 8.52. The predicted molar refractivity (Wildman–Crippen MR) is 129 cm³/mol. The first kappa shape index (κ1) is 25.9. The molecule has 0 spiro atoms. The van der Waals surface area contributed by atoms with Crippen molar-refractivity contribution in [2.24, 2.45) is 46.3 Å². The zero-order valence-corrected chi connectivity index (χ0v) is 22.0. The second-order valence-electron chi connectivity index (χ2n) is 12.4. The van der Waals surface area contributed by atoms with Gasteiger partial charge < -0.3 is 19.3 Å². The minimum atomic E-state index is -0.342. The average Bonchev–Trinajstić information content (AvgIpc) is 3.16. The van der Waals surface area contributed by atoms with E-state index < -0.39 is 0 Å². The summed E-state index contributed by atoms with van der Waals surface area (Å²) < 4.78 is 16.7. The van der Waals surface area contributed by atoms with Gasteiger partial charge in [-0.25, -0.2) is 0 Å². The summed E-state index contributed by atoms with van der Waals surface area (Å²) >= 11 is 0. The molecule has 4 saturated carbocycles. The number of hydrogen-bond donors (Lipinski definition) is 1. The number of esters is 2. The van der Waals surface area contributed by atoms with E-state index >= 15 is 0 Å². The van der Waals surface area contributed by atoms with Gasteiger partial charge in [-0.2, -0.15) is 0 Å². The van der Waals surface area contributed by atoms with E-state index in [9.17, 15) is 14.7 Å². The number of carbonyl (C=O) groups is 2. The molecule has 0 aromatic heterocycles. The molecule has 11 atom stereocenters. The summed E-state index contributed by atoms with van der Waals surface area (Å²) in [5.41, 5.74) is -0.00113. The van der Waals surface area contributed by atoms with E-state index in [-0.39, 0.29) is 41.1 Å². The molecule has 4 fully saturated rings. The van der Waals surface area contributed by atoms with Gasteiger partial charge in [-0.1, -0.05) is 20.8 Å². The lowest BCUT2D eigenvalue weighted by Crippen LogP contribution is -2.62. The Hall–Kier alpha value is -1.14. The molecule has 0 radical (unpaired) electrons. The number of aliphatic hydroxyl groups excluding tert-OH is 1. The van der Waals surface area contributed by atoms with Crippen LogP contribution in [0.25, 0.3) is 0 Å². The van der Waals surface area contributed by atoms with Crippen LogP contribution in [0.3, 0.4) is 0 Å². The normalized spacial score (nSPS) is 46.6. The smallest absolute Gasteiger partial charge is 0.305 e. The maximum absolute atomic E-state index is 11.8. The number of aliphatic hydroxyl groups is 1. The van der Waals surface area contributed by atoms with Crippen LogP contribution in [0.4, 0.5) is 0 Å². The fourth-order valence-corrected chi connectivity index (χ4v) is 9.33. The van der Waals surface area contributed by atoms with Crippen molar-refractivity contribution in [2.45, 2.75) is 104 Å². The van der Waals surface area contributed by atoms with Gasteiger partial charge in [-0.05, 0) is 97.7 Å². The highest BCUT2D eigenvalue weighted by atomic mass is 16.5. The van der Waals surface area contributed by atoms with Gasteiger partial charge in [0.05, 0.1) is 19.3 Å². The molecule has 4 aliphatic rings. The number of carbonyl (C=O) groups excluding carboxylic acids is 2. The molecule has 4 aliphatic carbocycles. The van der Waals surface area contributed by atoms with Gasteiger partial charge in [0, 0.05) is 20.5 Å². The van der Waals surface area contributed by atoms with E-state index in [0.717, 1.165) is 51.4 Å². The zero-order chi connectivity index (χ0) is 24.8. The summed E-state index contributed by atoms with van der Waals surface area (Å²) in [6, 6.07) is 0. The molecular formula is C28H46O6. The van der Waals surface area contributed by atoms with Crippen LogP contribution in [-0.2, 0) is 23.8 Å². The Kier molecular flexibility index (Phi) is 7.42. The van der Waals surface area contributed by atoms with Crippen LogP contribution >= 0.6 is 0 Å². The van der Waals surface area contributed by atoms with Gasteiger partial charge in [0.15, 0.2) is 0 Å². The van der Waals surface area contributed by atoms with E-state index in [4.69, 9.17) is 14.2 Å². The summed E-state index contributed by atoms with van der Waals surface area (Å²) in [5, 5.41) is 11.8. The minimum absolute atomic E-state index is 0.00920. The molecule has 6 nitrogen and oxygen atoms in total. The minimum Gasteiger partial charge on any atom is -0.469 e. The van der Waals surface area contributed by atoms with Gasteiger partial charge in [0.25, 0.3) is 0 Å². The van der Waals surface area contributed by atoms with Crippen LogP contribution in [0.5, 0.6) is 0 Å². The topological polar surface area (TPSA) is 82.1 Å². The van der Waals surface area contributed by atoms with Crippen molar-refractivity contribution in [3.63, 3.8) is 0 Å². The number of ether oxygens (including phenoxy) is 3. The molecular weight excluding hydrogens is 432 g/mol. The third-order valence-electron chi connectivity index (χ3n) is 11.1. The van der Waals surface area contributed by atoms with Crippen molar-refractivity contribution in [1.82, 2.24) is 0 Å². The van der Waals surface area contributed by atoms with Crippen molar-refractivity contribution in [3.8, 4) is 0 Å². The highest BCUT2D eigenvalue weighted by molar-refractivity contribution is 5.69. The largest absolute Gasteiger partial charge is 0.469 e. The molecule has 0 aromatic rings. The quantitative estimate of drug-likeness (QED) is 0.554. The van der Waals surface area contributed by atoms with E-state index in [2.05, 4.69) is 20.8 Å². The summed E-state index contributed by atoms with van der Waals surface area (Å²) in [4.78, 5) is 23.3. The Morgan fingerprint density at radius 1 is 1.06 bits per heavy atom. The van der Waals surface area contributed by atoms with Crippen LogP contribution in [0.1, 0.15) is 85.5 Å². The predicted octanol–water partition coefficient (Wildman–Crippen LogP) is 4.76. The van der Waals surface area contributed by atoms with Gasteiger partial charge in [0.2, 0.25) is 0 Å². The SMILES string of the molecule is COC(=O)CC[C@@H](C)[C@H]1CC[C@H]2[C@@H]3[C@H](OC)C[C@@H]4C[C@H](OC(C)=O)CC[C@]4(C)[C@H]3C[C@H](O)[C@]12C. The number of fused-ring (bicyclic) bond motifs is 5. The number of methoxy groups -OCH3 is 2. The van der Waals surface area contributed by atoms with E-state index in [1.54, 1.807) is 0 Å². The Balaban J connectivity index is 1.57. The van der Waals surface area contributed by atoms with E-state index in [1.807, 2.05) is 7.11 Å². The fraction of sp³-hybridized carbons (Fsp3) is 0.929. The van der Waals surface area contributed by atoms with Crippen LogP contribution in [0.15, 0.2) is 0 Å². The maximum Gasteiger partial charge on any atom is 0.305 e. The lowest BCUT2D eigenvalue weighted by molar-refractivity contribution is -0.214. The van der Waals surface area contributed by atoms with Crippen molar-refractivity contribution in [2.75, 3.05) is 14.2 Å². The Labute approximate surface area is 205 Å². The first-order chi connectivity index (χ1) is 16.1. The standard InChI is InChI=1S/C28H46O6/c1-16(7-10-25(31)33-6)20-8-9-21-26-22(15-24(30)28(20,21)4)27(3)12-11-19(34-17(2)29)13-18(27)14-23(26)32-5/h16,18-24,26,30H,7-15H2,1-6H3/t16-,18+,19-,20-,21+,22+,23-,24+,26+,27+,28-/m1/s1. The molecule has 34 heavy (non-hydrogen) atoms. The molecule has 0 bridgehead atoms. The third kappa shape index (κ3) is 4.21. The van der Waals surface area contributed by atoms with Crippen molar-refractivity contribution in [1.29, 1.82) is 0 Å². The van der Waals surface area contributed by atoms with Crippen LogP contribution in [0, 0.1) is 46.3 Å². The van der Waals surface area contributed by atoms with Gasteiger partial charge in [-0.15, -0.1) is 0 Å². The summed E-state index contributed by atoms with van der Waals surface area (Å²) in [7, 11) is 3.30. The third-order valence-corrected chi connectivity index (χ3v) is 11.1. The molecule has 0 saturated heterocycles. The molecule has 0 amide bonds. The second kappa shape index (κ2) is 9.72. The Morgan fingerprint density at radius 2 is 1.79 bits per heavy atom. The van der Waals surface area contributed by atoms with Gasteiger partial charge in [0.1, 0.15) is 6.10 Å². The lowest BCUT2D eigenvalue weighted by Gasteiger charge is -2.64. The van der Waals surface area contributed by atoms with Crippen molar-refractivity contribution >= 4 is 11.9 Å². The first-order valence-electron chi connectivity index (χ1n) is 13.5. The highest BCUT2D eigenvalue weighted by Gasteiger charge is 2.66. The van der Waals surface area contributed by atoms with Crippen LogP contribution in [-0.4, -0.2) is 49.6 Å². The van der Waals surface area contributed by atoms with Gasteiger partial charge in [-0.3, -0.25) is 9.59 Å². The Bertz CT molecular complexity index is 768. The highest BCUT2D eigenvalue weighted by Crippen LogP contribution is 2.68. The monoisotopic (exact) mass is 478 g/mol. The fourth-order valence-electron chi connectivity index (χ4n) is 9.33. The first-order valence-corrected chi connectivity index (χ1v) is 13.5. The van der Waals surface area contributed by atoms with E-state index in [1.165, 1.54) is 14.0 Å². The molecule has 1 N–H and O–H groups in total. The van der Waals surface area contributed by atoms with Crippen molar-refractivity contribution < 1.29 is 28.9 Å². The average molecular weight is 479 g/mol. The second-order valence-corrected chi connectivity index (χ2v) is 12.4. The summed E-state index contributed by atoms with van der Waals surface area (Å²) in [5.74, 6) is 2.19. The molecule has 0 unspecified atom stereocenters. The zero-order valence-electron chi connectivity index (χ0n) is 22.0. The number of hydrogen-bond acceptors (Lipinski definition) is 6. The summed E-state index contributed by atoms with van der Waals surface area (Å²) in [6.07, 6.45) is 8.03. The molecule has 0 aromatic carbocycles. The molecule has 194 valence electrons. The van der Waals surface area contributed by atoms with Crippen LogP contribution in [0.2, 0.25) is 0 Å². The van der Waals surface area contributed by atoms with Crippen LogP contribution < -0.4 is 0 Å². The van der Waals surface area contributed by atoms with Crippen molar-refractivity contribution in [3.05, 3.63) is 0 Å². The van der Waals surface area contributed by atoms with E-state index in [0.29, 0.717) is 41.9 Å². The maximum atomic E-state index is 11.8. The van der Waals surface area contributed by atoms with Gasteiger partial charge >= 0.3 is 11.9 Å². The molecule has 4 rings (SSSR count).